The standard InChI is InChI=1S/C23H28N2O5/c1-15-8-9-19-18(12-15)25(14-16(2)30-19)22(27)11-10-21(26)24-13-17-6-5-7-20(28-3)23(17)29-4/h5-9,12,16H,10-11,13-14H2,1-4H3,(H,24,26)/t16-/m1/s1. The number of rotatable bonds is 7. The zero-order valence-corrected chi connectivity index (χ0v) is 17.9. The number of nitrogens with zero attached hydrogens (tertiary/aromatic N) is 1. The maximum atomic E-state index is 12.8. The summed E-state index contributed by atoms with van der Waals surface area (Å²) in [5.74, 6) is 1.60. The number of ether oxygens (including phenoxy) is 3. The van der Waals surface area contributed by atoms with Crippen LogP contribution >= 0.6 is 0 Å². The minimum Gasteiger partial charge on any atom is -0.493 e. The molecule has 0 unspecified atom stereocenters. The lowest BCUT2D eigenvalue weighted by Crippen LogP contribution is -2.42. The van der Waals surface area contributed by atoms with E-state index >= 15 is 0 Å². The molecule has 2 aromatic rings. The van der Waals surface area contributed by atoms with E-state index in [1.165, 1.54) is 0 Å². The Hall–Kier alpha value is -3.22. The number of amides is 2. The third-order valence-corrected chi connectivity index (χ3v) is 5.00. The highest BCUT2D eigenvalue weighted by atomic mass is 16.5. The lowest BCUT2D eigenvalue weighted by Gasteiger charge is -2.33. The second kappa shape index (κ2) is 9.52. The number of nitrogens with one attached hydrogen (secondary N) is 1. The number of hydrogen-bond acceptors (Lipinski definition) is 5. The predicted molar refractivity (Wildman–Crippen MR) is 114 cm³/mol. The first-order valence-electron chi connectivity index (χ1n) is 9.97. The lowest BCUT2D eigenvalue weighted by atomic mass is 10.1. The summed E-state index contributed by atoms with van der Waals surface area (Å²) in [7, 11) is 3.13. The van der Waals surface area contributed by atoms with E-state index in [0.29, 0.717) is 30.3 Å². The van der Waals surface area contributed by atoms with E-state index in [9.17, 15) is 9.59 Å². The van der Waals surface area contributed by atoms with Crippen LogP contribution < -0.4 is 24.4 Å². The van der Waals surface area contributed by atoms with E-state index < -0.39 is 0 Å². The molecule has 1 N–H and O–H groups in total. The molecule has 2 aromatic carbocycles. The molecule has 3 rings (SSSR count). The van der Waals surface area contributed by atoms with Gasteiger partial charge in [-0.05, 0) is 37.6 Å². The molecular formula is C23H28N2O5. The van der Waals surface area contributed by atoms with Crippen molar-refractivity contribution in [3.05, 3.63) is 47.5 Å². The van der Waals surface area contributed by atoms with Crippen molar-refractivity contribution >= 4 is 17.5 Å². The van der Waals surface area contributed by atoms with Gasteiger partial charge in [-0.1, -0.05) is 18.2 Å². The number of aryl methyl sites for hydroxylation is 1. The Morgan fingerprint density at radius 3 is 2.70 bits per heavy atom. The summed E-state index contributed by atoms with van der Waals surface area (Å²) in [6.07, 6.45) is 0.137. The van der Waals surface area contributed by atoms with Crippen LogP contribution in [0.4, 0.5) is 5.69 Å². The number of para-hydroxylation sites is 1. The normalized spacial score (nSPS) is 15.1. The summed E-state index contributed by atoms with van der Waals surface area (Å²) in [5.41, 5.74) is 2.62. The van der Waals surface area contributed by atoms with Crippen LogP contribution in [0.1, 0.15) is 30.9 Å². The Kier molecular flexibility index (Phi) is 6.82. The van der Waals surface area contributed by atoms with E-state index in [4.69, 9.17) is 14.2 Å². The Balaban J connectivity index is 1.58. The van der Waals surface area contributed by atoms with Crippen LogP contribution in [0.25, 0.3) is 0 Å². The van der Waals surface area contributed by atoms with Crippen LogP contribution in [0.2, 0.25) is 0 Å². The molecule has 2 amide bonds. The Labute approximate surface area is 176 Å². The van der Waals surface area contributed by atoms with E-state index in [1.807, 2.05) is 44.2 Å². The third-order valence-electron chi connectivity index (χ3n) is 5.00. The first-order valence-corrected chi connectivity index (χ1v) is 9.97. The Morgan fingerprint density at radius 1 is 1.17 bits per heavy atom. The second-order valence-corrected chi connectivity index (χ2v) is 7.33. The topological polar surface area (TPSA) is 77.1 Å². The zero-order valence-electron chi connectivity index (χ0n) is 17.9. The summed E-state index contributed by atoms with van der Waals surface area (Å²) >= 11 is 0. The van der Waals surface area contributed by atoms with Gasteiger partial charge in [-0.15, -0.1) is 0 Å². The molecule has 160 valence electrons. The van der Waals surface area contributed by atoms with Crippen molar-refractivity contribution in [1.82, 2.24) is 5.32 Å². The van der Waals surface area contributed by atoms with Crippen molar-refractivity contribution in [3.63, 3.8) is 0 Å². The van der Waals surface area contributed by atoms with E-state index in [1.54, 1.807) is 25.2 Å². The van der Waals surface area contributed by atoms with Crippen molar-refractivity contribution in [2.24, 2.45) is 0 Å². The van der Waals surface area contributed by atoms with Crippen LogP contribution in [0, 0.1) is 6.92 Å². The minimum atomic E-state index is -0.195. The molecule has 30 heavy (non-hydrogen) atoms. The molecule has 7 heteroatoms. The monoisotopic (exact) mass is 412 g/mol. The quantitative estimate of drug-likeness (QED) is 0.756. The van der Waals surface area contributed by atoms with Gasteiger partial charge in [0.2, 0.25) is 11.8 Å². The van der Waals surface area contributed by atoms with Gasteiger partial charge < -0.3 is 24.4 Å². The smallest absolute Gasteiger partial charge is 0.227 e. The average Bonchev–Trinajstić information content (AvgIpc) is 2.75. The first-order chi connectivity index (χ1) is 14.4. The van der Waals surface area contributed by atoms with Crippen LogP contribution in [0.15, 0.2) is 36.4 Å². The van der Waals surface area contributed by atoms with Gasteiger partial charge in [0.1, 0.15) is 11.9 Å². The first kappa shape index (κ1) is 21.5. The molecule has 7 nitrogen and oxygen atoms in total. The van der Waals surface area contributed by atoms with Crippen LogP contribution in [0.3, 0.4) is 0 Å². The highest BCUT2D eigenvalue weighted by molar-refractivity contribution is 5.97. The van der Waals surface area contributed by atoms with Crippen molar-refractivity contribution in [3.8, 4) is 17.2 Å². The van der Waals surface area contributed by atoms with Crippen LogP contribution in [-0.2, 0) is 16.1 Å². The number of benzene rings is 2. The zero-order chi connectivity index (χ0) is 21.7. The predicted octanol–water partition coefficient (Wildman–Crippen LogP) is 3.22. The minimum absolute atomic E-state index is 0.0916. The van der Waals surface area contributed by atoms with Gasteiger partial charge in [-0.3, -0.25) is 9.59 Å². The van der Waals surface area contributed by atoms with Gasteiger partial charge >= 0.3 is 0 Å². The maximum absolute atomic E-state index is 12.8. The summed E-state index contributed by atoms with van der Waals surface area (Å²) < 4.78 is 16.5. The molecule has 0 radical (unpaired) electrons. The van der Waals surface area contributed by atoms with Gasteiger partial charge in [-0.25, -0.2) is 0 Å². The largest absolute Gasteiger partial charge is 0.493 e. The molecule has 0 bridgehead atoms. The molecule has 0 aliphatic carbocycles. The van der Waals surface area contributed by atoms with E-state index in [-0.39, 0.29) is 30.8 Å². The fourth-order valence-corrected chi connectivity index (χ4v) is 3.51. The third kappa shape index (κ3) is 4.84. The highest BCUT2D eigenvalue weighted by Crippen LogP contribution is 2.34. The van der Waals surface area contributed by atoms with Crippen molar-refractivity contribution in [2.45, 2.75) is 39.3 Å². The van der Waals surface area contributed by atoms with Crippen molar-refractivity contribution in [2.75, 3.05) is 25.7 Å². The molecule has 0 saturated carbocycles. The van der Waals surface area contributed by atoms with E-state index in [0.717, 1.165) is 16.8 Å². The second-order valence-electron chi connectivity index (χ2n) is 7.33. The number of anilines is 1. The van der Waals surface area contributed by atoms with E-state index in [2.05, 4.69) is 5.32 Å². The Morgan fingerprint density at radius 2 is 1.97 bits per heavy atom. The van der Waals surface area contributed by atoms with Crippen LogP contribution in [0.5, 0.6) is 17.2 Å². The summed E-state index contributed by atoms with van der Waals surface area (Å²) in [6, 6.07) is 11.3. The maximum Gasteiger partial charge on any atom is 0.227 e. The fraction of sp³-hybridized carbons (Fsp3) is 0.391. The SMILES string of the molecule is COc1cccc(CNC(=O)CCC(=O)N2C[C@@H](C)Oc3ccc(C)cc32)c1OC. The molecule has 1 atom stereocenters. The fourth-order valence-electron chi connectivity index (χ4n) is 3.51. The van der Waals surface area contributed by atoms with Gasteiger partial charge in [0.05, 0.1) is 26.5 Å². The Bertz CT molecular complexity index is 928. The van der Waals surface area contributed by atoms with Gasteiger partial charge in [0, 0.05) is 24.9 Å². The summed E-state index contributed by atoms with van der Waals surface area (Å²) in [6.45, 7) is 4.67. The number of carbonyl (C=O) groups is 2. The molecular weight excluding hydrogens is 384 g/mol. The van der Waals surface area contributed by atoms with Crippen LogP contribution in [-0.4, -0.2) is 38.7 Å². The van der Waals surface area contributed by atoms with Gasteiger partial charge in [-0.2, -0.15) is 0 Å². The average molecular weight is 412 g/mol. The molecule has 1 aliphatic heterocycles. The molecule has 0 aromatic heterocycles. The molecule has 0 spiro atoms. The number of fused-ring (bicyclic) bond motifs is 1. The number of methoxy groups -OCH3 is 2. The molecule has 1 aliphatic rings. The van der Waals surface area contributed by atoms with Gasteiger partial charge in [0.25, 0.3) is 0 Å². The molecule has 0 saturated heterocycles. The number of hydrogen-bond donors (Lipinski definition) is 1. The van der Waals surface area contributed by atoms with Gasteiger partial charge in [0.15, 0.2) is 11.5 Å². The highest BCUT2D eigenvalue weighted by Gasteiger charge is 2.27. The molecule has 0 fully saturated rings. The van der Waals surface area contributed by atoms with Crippen molar-refractivity contribution in [1.29, 1.82) is 0 Å². The van der Waals surface area contributed by atoms with Crippen molar-refractivity contribution < 1.29 is 23.8 Å². The molecule has 1 heterocycles. The number of carbonyl (C=O) groups excluding carboxylic acids is 2. The summed E-state index contributed by atoms with van der Waals surface area (Å²) in [4.78, 5) is 26.9. The lowest BCUT2D eigenvalue weighted by molar-refractivity contribution is -0.125. The summed E-state index contributed by atoms with van der Waals surface area (Å²) in [5, 5.41) is 2.85.